The highest BCUT2D eigenvalue weighted by atomic mass is 16.6. The van der Waals surface area contributed by atoms with Crippen molar-refractivity contribution in [2.75, 3.05) is 0 Å². The smallest absolute Gasteiger partial charge is 0.334 e. The first kappa shape index (κ1) is 16.2. The zero-order valence-corrected chi connectivity index (χ0v) is 13.5. The van der Waals surface area contributed by atoms with E-state index in [1.165, 1.54) is 6.92 Å². The summed E-state index contributed by atoms with van der Waals surface area (Å²) < 4.78 is 10.8. The molecule has 6 heteroatoms. The van der Waals surface area contributed by atoms with Crippen molar-refractivity contribution < 1.29 is 29.3 Å². The summed E-state index contributed by atoms with van der Waals surface area (Å²) >= 11 is 0. The molecule has 0 unspecified atom stereocenters. The Labute approximate surface area is 134 Å². The molecule has 0 aromatic carbocycles. The first-order valence-corrected chi connectivity index (χ1v) is 7.80. The molecule has 6 nitrogen and oxygen atoms in total. The molecular weight excluding hydrogens is 300 g/mol. The molecule has 3 rings (SSSR count). The number of hydrogen-bond donors (Lipinski definition) is 2. The molecule has 7 atom stereocenters. The topological polar surface area (TPSA) is 93.1 Å². The minimum atomic E-state index is -1.48. The molecule has 2 fully saturated rings. The molecule has 1 heterocycles. The van der Waals surface area contributed by atoms with Gasteiger partial charge in [-0.2, -0.15) is 0 Å². The van der Waals surface area contributed by atoms with Crippen LogP contribution in [0.15, 0.2) is 23.8 Å². The highest BCUT2D eigenvalue weighted by Gasteiger charge is 2.62. The van der Waals surface area contributed by atoms with Crippen molar-refractivity contribution in [1.82, 2.24) is 0 Å². The van der Waals surface area contributed by atoms with E-state index in [2.05, 4.69) is 6.58 Å². The van der Waals surface area contributed by atoms with Crippen molar-refractivity contribution in [2.24, 2.45) is 17.8 Å². The van der Waals surface area contributed by atoms with Crippen LogP contribution in [-0.4, -0.2) is 46.1 Å². The minimum absolute atomic E-state index is 0.177. The largest absolute Gasteiger partial charge is 0.459 e. The van der Waals surface area contributed by atoms with Gasteiger partial charge in [0.05, 0.1) is 11.5 Å². The van der Waals surface area contributed by atoms with E-state index in [1.807, 2.05) is 13.0 Å². The van der Waals surface area contributed by atoms with Gasteiger partial charge in [-0.1, -0.05) is 18.2 Å². The molecule has 0 aromatic rings. The lowest BCUT2D eigenvalue weighted by Gasteiger charge is -2.38. The standard InChI is InChI=1S/C17H22O6/c1-7-5-6-10-11(7)13-12(8(2)16(20)23-13)14(22-9(3)18)15(19)17(10,4)21/h5,10-15,19,21H,2,6H2,1,3-4H3/t10-,11+,12+,13-,14-,15-,17+/m1/s1. The normalized spacial score (nSPS) is 45.7. The predicted octanol–water partition coefficient (Wildman–Crippen LogP) is 0.724. The molecule has 0 bridgehead atoms. The second-order valence-electron chi connectivity index (χ2n) is 6.98. The number of esters is 2. The fraction of sp³-hybridized carbons (Fsp3) is 0.647. The minimum Gasteiger partial charge on any atom is -0.459 e. The van der Waals surface area contributed by atoms with E-state index < -0.39 is 41.8 Å². The van der Waals surface area contributed by atoms with Gasteiger partial charge >= 0.3 is 11.9 Å². The first-order valence-electron chi connectivity index (χ1n) is 7.80. The van der Waals surface area contributed by atoms with Crippen molar-refractivity contribution in [1.29, 1.82) is 0 Å². The van der Waals surface area contributed by atoms with Gasteiger partial charge in [0.15, 0.2) is 0 Å². The summed E-state index contributed by atoms with van der Waals surface area (Å²) in [6.45, 7) is 8.46. The summed E-state index contributed by atoms with van der Waals surface area (Å²) in [5.74, 6) is -2.33. The van der Waals surface area contributed by atoms with Crippen LogP contribution in [0.5, 0.6) is 0 Å². The van der Waals surface area contributed by atoms with E-state index >= 15 is 0 Å². The van der Waals surface area contributed by atoms with Gasteiger partial charge in [0.1, 0.15) is 18.3 Å². The third-order valence-corrected chi connectivity index (χ3v) is 5.59. The first-order chi connectivity index (χ1) is 10.7. The van der Waals surface area contributed by atoms with Gasteiger partial charge in [-0.3, -0.25) is 4.79 Å². The number of carbonyl (C=O) groups excluding carboxylic acids is 2. The van der Waals surface area contributed by atoms with E-state index in [4.69, 9.17) is 9.47 Å². The van der Waals surface area contributed by atoms with E-state index in [1.54, 1.807) is 6.92 Å². The quantitative estimate of drug-likeness (QED) is 0.420. The van der Waals surface area contributed by atoms with Gasteiger partial charge in [-0.05, 0) is 20.3 Å². The van der Waals surface area contributed by atoms with Crippen LogP contribution >= 0.6 is 0 Å². The van der Waals surface area contributed by atoms with Crippen molar-refractivity contribution in [3.05, 3.63) is 23.8 Å². The molecule has 1 saturated carbocycles. The van der Waals surface area contributed by atoms with Crippen LogP contribution < -0.4 is 0 Å². The van der Waals surface area contributed by atoms with Crippen LogP contribution in [0.1, 0.15) is 27.2 Å². The Balaban J connectivity index is 2.12. The average Bonchev–Trinajstić information content (AvgIpc) is 2.95. The molecule has 1 saturated heterocycles. The summed E-state index contributed by atoms with van der Waals surface area (Å²) in [7, 11) is 0. The summed E-state index contributed by atoms with van der Waals surface area (Å²) in [6, 6.07) is 0. The van der Waals surface area contributed by atoms with E-state index in [9.17, 15) is 19.8 Å². The molecule has 0 radical (unpaired) electrons. The fourth-order valence-electron chi connectivity index (χ4n) is 4.37. The molecule has 23 heavy (non-hydrogen) atoms. The Morgan fingerprint density at radius 2 is 2.13 bits per heavy atom. The summed E-state index contributed by atoms with van der Waals surface area (Å²) in [5, 5.41) is 21.7. The Kier molecular flexibility index (Phi) is 3.65. The molecule has 126 valence electrons. The summed E-state index contributed by atoms with van der Waals surface area (Å²) in [4.78, 5) is 23.5. The number of ether oxygens (including phenoxy) is 2. The number of rotatable bonds is 1. The predicted molar refractivity (Wildman–Crippen MR) is 80.0 cm³/mol. The van der Waals surface area contributed by atoms with Crippen molar-refractivity contribution in [2.45, 2.75) is 51.1 Å². The second-order valence-corrected chi connectivity index (χ2v) is 6.98. The molecule has 2 N–H and O–H groups in total. The maximum atomic E-state index is 12.0. The van der Waals surface area contributed by atoms with Crippen LogP contribution in [0.2, 0.25) is 0 Å². The zero-order valence-electron chi connectivity index (χ0n) is 13.5. The van der Waals surface area contributed by atoms with Crippen LogP contribution in [0.25, 0.3) is 0 Å². The Hall–Kier alpha value is -1.66. The number of allylic oxidation sites excluding steroid dienone is 1. The van der Waals surface area contributed by atoms with Gasteiger partial charge in [0.25, 0.3) is 0 Å². The number of aliphatic hydroxyl groups is 2. The second kappa shape index (κ2) is 5.18. The SMILES string of the molecule is C=C1C(=O)O[C@H]2[C@H]1[C@@H](OC(C)=O)[C@@H](O)[C@@](C)(O)[C@@H]1CC=C(C)[C@H]21. The number of hydrogen-bond acceptors (Lipinski definition) is 6. The highest BCUT2D eigenvalue weighted by Crippen LogP contribution is 2.52. The molecule has 0 amide bonds. The van der Waals surface area contributed by atoms with Crippen LogP contribution in [0.4, 0.5) is 0 Å². The lowest BCUT2D eigenvalue weighted by atomic mass is 9.76. The number of fused-ring (bicyclic) bond motifs is 3. The van der Waals surface area contributed by atoms with Crippen LogP contribution in [0, 0.1) is 17.8 Å². The molecule has 2 aliphatic carbocycles. The Morgan fingerprint density at radius 3 is 2.74 bits per heavy atom. The van der Waals surface area contributed by atoms with Crippen molar-refractivity contribution in [3.63, 3.8) is 0 Å². The molecular formula is C17H22O6. The molecule has 1 aliphatic heterocycles. The van der Waals surface area contributed by atoms with Crippen molar-refractivity contribution in [3.8, 4) is 0 Å². The Morgan fingerprint density at radius 1 is 1.48 bits per heavy atom. The van der Waals surface area contributed by atoms with E-state index in [0.717, 1.165) is 5.57 Å². The Bertz CT molecular complexity index is 604. The van der Waals surface area contributed by atoms with Crippen molar-refractivity contribution >= 4 is 11.9 Å². The monoisotopic (exact) mass is 322 g/mol. The fourth-order valence-corrected chi connectivity index (χ4v) is 4.37. The average molecular weight is 322 g/mol. The summed E-state index contributed by atoms with van der Waals surface area (Å²) in [6.07, 6.45) is -0.425. The lowest BCUT2D eigenvalue weighted by Crippen LogP contribution is -2.53. The van der Waals surface area contributed by atoms with Gasteiger partial charge in [-0.25, -0.2) is 4.79 Å². The summed E-state index contributed by atoms with van der Waals surface area (Å²) in [5.41, 5.74) is -0.296. The van der Waals surface area contributed by atoms with Gasteiger partial charge in [0.2, 0.25) is 0 Å². The number of aliphatic hydroxyl groups excluding tert-OH is 1. The van der Waals surface area contributed by atoms with Gasteiger partial charge in [0, 0.05) is 24.3 Å². The highest BCUT2D eigenvalue weighted by molar-refractivity contribution is 5.91. The molecule has 0 aromatic heterocycles. The third kappa shape index (κ3) is 2.23. The maximum Gasteiger partial charge on any atom is 0.334 e. The molecule has 3 aliphatic rings. The van der Waals surface area contributed by atoms with Crippen LogP contribution in [0.3, 0.4) is 0 Å². The molecule has 0 spiro atoms. The van der Waals surface area contributed by atoms with Gasteiger partial charge in [-0.15, -0.1) is 0 Å². The van der Waals surface area contributed by atoms with Gasteiger partial charge < -0.3 is 19.7 Å². The van der Waals surface area contributed by atoms with Crippen LogP contribution in [-0.2, 0) is 19.1 Å². The van der Waals surface area contributed by atoms with E-state index in [0.29, 0.717) is 6.42 Å². The lowest BCUT2D eigenvalue weighted by molar-refractivity contribution is -0.176. The zero-order chi connectivity index (χ0) is 17.1. The maximum absolute atomic E-state index is 12.0. The third-order valence-electron chi connectivity index (χ3n) is 5.59. The number of carbonyl (C=O) groups is 2. The van der Waals surface area contributed by atoms with E-state index in [-0.39, 0.29) is 17.4 Å².